The summed E-state index contributed by atoms with van der Waals surface area (Å²) in [4.78, 5) is 12.6. The molecule has 23 heavy (non-hydrogen) atoms. The minimum Gasteiger partial charge on any atom is -0.355 e. The molecule has 124 valence electrons. The van der Waals surface area contributed by atoms with Gasteiger partial charge in [-0.25, -0.2) is 17.5 Å². The van der Waals surface area contributed by atoms with E-state index in [4.69, 9.17) is 0 Å². The monoisotopic (exact) mass is 356 g/mol. The molecule has 1 amide bonds. The van der Waals surface area contributed by atoms with Crippen LogP contribution in [0.25, 0.3) is 0 Å². The molecule has 0 spiro atoms. The molecule has 2 rings (SSSR count). The van der Waals surface area contributed by atoms with E-state index in [1.54, 1.807) is 18.2 Å². The summed E-state index contributed by atoms with van der Waals surface area (Å²) in [5.41, 5.74) is 0.890. The number of hydrogen-bond donors (Lipinski definition) is 2. The molecule has 2 aromatic rings. The molecule has 0 saturated heterocycles. The zero-order valence-electron chi connectivity index (χ0n) is 12.5. The first kappa shape index (κ1) is 17.6. The van der Waals surface area contributed by atoms with Crippen molar-refractivity contribution in [3.63, 3.8) is 0 Å². The van der Waals surface area contributed by atoms with Crippen LogP contribution in [0.5, 0.6) is 0 Å². The number of aryl methyl sites for hydroxylation is 1. The van der Waals surface area contributed by atoms with E-state index in [0.717, 1.165) is 21.8 Å². The van der Waals surface area contributed by atoms with Crippen molar-refractivity contribution in [3.8, 4) is 0 Å². The van der Waals surface area contributed by atoms with Gasteiger partial charge in [-0.3, -0.25) is 4.79 Å². The number of hydrogen-bond acceptors (Lipinski definition) is 4. The van der Waals surface area contributed by atoms with Crippen molar-refractivity contribution in [1.29, 1.82) is 0 Å². The molecule has 0 saturated carbocycles. The summed E-state index contributed by atoms with van der Waals surface area (Å²) in [6.45, 7) is 1.85. The van der Waals surface area contributed by atoms with E-state index in [-0.39, 0.29) is 16.6 Å². The zero-order chi connectivity index (χ0) is 16.9. The average Bonchev–Trinajstić information content (AvgIpc) is 2.95. The third kappa shape index (κ3) is 5.42. The van der Waals surface area contributed by atoms with Gasteiger partial charge < -0.3 is 5.32 Å². The first-order valence-electron chi connectivity index (χ1n) is 6.94. The third-order valence-electron chi connectivity index (χ3n) is 3.05. The lowest BCUT2D eigenvalue weighted by molar-refractivity contribution is -0.119. The molecule has 0 unspecified atom stereocenters. The zero-order valence-corrected chi connectivity index (χ0v) is 14.1. The summed E-state index contributed by atoms with van der Waals surface area (Å²) in [5, 5.41) is 2.62. The molecular formula is C15H17FN2O3S2. The van der Waals surface area contributed by atoms with Gasteiger partial charge >= 0.3 is 0 Å². The Labute approximate surface area is 138 Å². The van der Waals surface area contributed by atoms with Crippen LogP contribution >= 0.6 is 11.3 Å². The lowest BCUT2D eigenvalue weighted by Crippen LogP contribution is -2.37. The maximum atomic E-state index is 12.8. The standard InChI is InChI=1S/C15H17FN2O3S2/c1-11-2-7-15(22-11)23(20,21)18-10-14(19)17-9-8-12-3-5-13(16)6-4-12/h2-7,18H,8-10H2,1H3,(H,17,19). The van der Waals surface area contributed by atoms with Crippen molar-refractivity contribution < 1.29 is 17.6 Å². The van der Waals surface area contributed by atoms with Gasteiger partial charge in [0.1, 0.15) is 10.0 Å². The SMILES string of the molecule is Cc1ccc(S(=O)(=O)NCC(=O)NCCc2ccc(F)cc2)s1. The summed E-state index contributed by atoms with van der Waals surface area (Å²) in [7, 11) is -3.65. The molecule has 1 aromatic heterocycles. The van der Waals surface area contributed by atoms with Gasteiger partial charge in [-0.05, 0) is 43.2 Å². The first-order valence-corrected chi connectivity index (χ1v) is 9.24. The van der Waals surface area contributed by atoms with E-state index in [1.165, 1.54) is 18.2 Å². The number of carbonyl (C=O) groups is 1. The average molecular weight is 356 g/mol. The van der Waals surface area contributed by atoms with Gasteiger partial charge in [-0.2, -0.15) is 0 Å². The van der Waals surface area contributed by atoms with Crippen LogP contribution < -0.4 is 10.0 Å². The van der Waals surface area contributed by atoms with Crippen LogP contribution in [0.2, 0.25) is 0 Å². The second kappa shape index (κ2) is 7.67. The Morgan fingerprint density at radius 3 is 2.48 bits per heavy atom. The fourth-order valence-electron chi connectivity index (χ4n) is 1.85. The van der Waals surface area contributed by atoms with Crippen LogP contribution in [-0.4, -0.2) is 27.4 Å². The maximum absolute atomic E-state index is 12.8. The Hall–Kier alpha value is -1.77. The Morgan fingerprint density at radius 2 is 1.87 bits per heavy atom. The molecule has 0 aliphatic carbocycles. The van der Waals surface area contributed by atoms with Crippen LogP contribution in [0.1, 0.15) is 10.4 Å². The van der Waals surface area contributed by atoms with Crippen LogP contribution in [0, 0.1) is 12.7 Å². The largest absolute Gasteiger partial charge is 0.355 e. The number of sulfonamides is 1. The topological polar surface area (TPSA) is 75.3 Å². The Morgan fingerprint density at radius 1 is 1.17 bits per heavy atom. The Kier molecular flexibility index (Phi) is 5.86. The number of benzene rings is 1. The second-order valence-electron chi connectivity index (χ2n) is 4.92. The molecule has 0 bridgehead atoms. The summed E-state index contributed by atoms with van der Waals surface area (Å²) in [6.07, 6.45) is 0.545. The summed E-state index contributed by atoms with van der Waals surface area (Å²) >= 11 is 1.15. The molecule has 5 nitrogen and oxygen atoms in total. The number of rotatable bonds is 7. The molecule has 0 radical (unpaired) electrons. The van der Waals surface area contributed by atoms with Crippen molar-refractivity contribution in [2.75, 3.05) is 13.1 Å². The van der Waals surface area contributed by atoms with Crippen molar-refractivity contribution >= 4 is 27.3 Å². The predicted molar refractivity (Wildman–Crippen MR) is 87.4 cm³/mol. The Bertz CT molecular complexity index is 770. The third-order valence-corrected chi connectivity index (χ3v) is 5.95. The molecular weight excluding hydrogens is 339 g/mol. The van der Waals surface area contributed by atoms with Crippen LogP contribution in [-0.2, 0) is 21.2 Å². The highest BCUT2D eigenvalue weighted by Crippen LogP contribution is 2.19. The minimum atomic E-state index is -3.65. The predicted octanol–water partition coefficient (Wildman–Crippen LogP) is 1.83. The summed E-state index contributed by atoms with van der Waals surface area (Å²) < 4.78 is 39.1. The van der Waals surface area contributed by atoms with E-state index in [1.807, 2.05) is 6.92 Å². The number of carbonyl (C=O) groups excluding carboxylic acids is 1. The van der Waals surface area contributed by atoms with Crippen LogP contribution in [0.3, 0.4) is 0 Å². The quantitative estimate of drug-likeness (QED) is 0.795. The molecule has 0 atom stereocenters. The van der Waals surface area contributed by atoms with Crippen molar-refractivity contribution in [2.45, 2.75) is 17.6 Å². The number of nitrogens with one attached hydrogen (secondary N) is 2. The number of thiophene rings is 1. The van der Waals surface area contributed by atoms with Gasteiger partial charge in [0.15, 0.2) is 0 Å². The fraction of sp³-hybridized carbons (Fsp3) is 0.267. The van der Waals surface area contributed by atoms with Crippen LogP contribution in [0.4, 0.5) is 4.39 Å². The van der Waals surface area contributed by atoms with Gasteiger partial charge in [-0.15, -0.1) is 11.3 Å². The van der Waals surface area contributed by atoms with E-state index >= 15 is 0 Å². The molecule has 0 aliphatic rings. The molecule has 8 heteroatoms. The van der Waals surface area contributed by atoms with Gasteiger partial charge in [0.25, 0.3) is 10.0 Å². The molecule has 1 aromatic carbocycles. The summed E-state index contributed by atoms with van der Waals surface area (Å²) in [6, 6.07) is 9.21. The lowest BCUT2D eigenvalue weighted by Gasteiger charge is -2.07. The minimum absolute atomic E-state index is 0.189. The van der Waals surface area contributed by atoms with Gasteiger partial charge in [0.2, 0.25) is 5.91 Å². The highest BCUT2D eigenvalue weighted by Gasteiger charge is 2.17. The highest BCUT2D eigenvalue weighted by atomic mass is 32.2. The fourth-order valence-corrected chi connectivity index (χ4v) is 4.16. The van der Waals surface area contributed by atoms with E-state index < -0.39 is 15.9 Å². The Balaban J connectivity index is 1.75. The molecule has 1 heterocycles. The van der Waals surface area contributed by atoms with Crippen molar-refractivity contribution in [1.82, 2.24) is 10.0 Å². The first-order chi connectivity index (χ1) is 10.9. The van der Waals surface area contributed by atoms with Crippen LogP contribution in [0.15, 0.2) is 40.6 Å². The van der Waals surface area contributed by atoms with E-state index in [9.17, 15) is 17.6 Å². The maximum Gasteiger partial charge on any atom is 0.250 e. The van der Waals surface area contributed by atoms with E-state index in [2.05, 4.69) is 10.0 Å². The normalized spacial score (nSPS) is 11.4. The molecule has 2 N–H and O–H groups in total. The van der Waals surface area contributed by atoms with E-state index in [0.29, 0.717) is 13.0 Å². The number of halogens is 1. The lowest BCUT2D eigenvalue weighted by atomic mass is 10.1. The molecule has 0 fully saturated rings. The number of amides is 1. The van der Waals surface area contributed by atoms with Gasteiger partial charge in [0, 0.05) is 11.4 Å². The van der Waals surface area contributed by atoms with Crippen molar-refractivity contribution in [3.05, 3.63) is 52.7 Å². The second-order valence-corrected chi connectivity index (χ2v) is 8.20. The highest BCUT2D eigenvalue weighted by molar-refractivity contribution is 7.91. The van der Waals surface area contributed by atoms with Crippen molar-refractivity contribution in [2.24, 2.45) is 0 Å². The molecule has 0 aliphatic heterocycles. The van der Waals surface area contributed by atoms with Gasteiger partial charge in [0.05, 0.1) is 6.54 Å². The smallest absolute Gasteiger partial charge is 0.250 e. The summed E-state index contributed by atoms with van der Waals surface area (Å²) in [5.74, 6) is -0.722. The van der Waals surface area contributed by atoms with Gasteiger partial charge in [-0.1, -0.05) is 12.1 Å².